The SMILES string of the molecule is CCN(CCNC(=O)c1ccc2nc(N3CCC(C)CC3)sc2c1)c1ccccc1. The number of hydrogen-bond donors (Lipinski definition) is 1. The van der Waals surface area contributed by atoms with Crippen molar-refractivity contribution >= 4 is 38.3 Å². The second-order valence-corrected chi connectivity index (χ2v) is 9.03. The monoisotopic (exact) mass is 422 g/mol. The van der Waals surface area contributed by atoms with Gasteiger partial charge < -0.3 is 15.1 Å². The van der Waals surface area contributed by atoms with E-state index in [9.17, 15) is 4.79 Å². The van der Waals surface area contributed by atoms with E-state index in [-0.39, 0.29) is 5.91 Å². The van der Waals surface area contributed by atoms with Gasteiger partial charge in [0.15, 0.2) is 5.13 Å². The van der Waals surface area contributed by atoms with Gasteiger partial charge in [-0.1, -0.05) is 36.5 Å². The van der Waals surface area contributed by atoms with Crippen LogP contribution in [0.3, 0.4) is 0 Å². The molecule has 0 saturated carbocycles. The number of rotatable bonds is 7. The van der Waals surface area contributed by atoms with E-state index >= 15 is 0 Å². The summed E-state index contributed by atoms with van der Waals surface area (Å²) in [5.41, 5.74) is 2.86. The van der Waals surface area contributed by atoms with Gasteiger partial charge in [0.05, 0.1) is 10.2 Å². The molecule has 0 aliphatic carbocycles. The number of carbonyl (C=O) groups excluding carboxylic acids is 1. The lowest BCUT2D eigenvalue weighted by atomic mass is 10.00. The Labute approximate surface area is 182 Å². The molecule has 1 N–H and O–H groups in total. The Kier molecular flexibility index (Phi) is 6.53. The van der Waals surface area contributed by atoms with Gasteiger partial charge in [0.2, 0.25) is 0 Å². The molecule has 5 nitrogen and oxygen atoms in total. The summed E-state index contributed by atoms with van der Waals surface area (Å²) >= 11 is 1.69. The van der Waals surface area contributed by atoms with Gasteiger partial charge >= 0.3 is 0 Å². The maximum absolute atomic E-state index is 12.7. The summed E-state index contributed by atoms with van der Waals surface area (Å²) in [6.45, 7) is 8.90. The molecular weight excluding hydrogens is 392 g/mol. The maximum atomic E-state index is 12.7. The molecule has 6 heteroatoms. The van der Waals surface area contributed by atoms with E-state index in [4.69, 9.17) is 4.98 Å². The molecule has 1 aliphatic heterocycles. The molecule has 3 aromatic rings. The zero-order valence-corrected chi connectivity index (χ0v) is 18.6. The number of piperidine rings is 1. The highest BCUT2D eigenvalue weighted by Gasteiger charge is 2.19. The second-order valence-electron chi connectivity index (χ2n) is 8.02. The average Bonchev–Trinajstić information content (AvgIpc) is 3.21. The van der Waals surface area contributed by atoms with Crippen molar-refractivity contribution in [2.24, 2.45) is 5.92 Å². The fourth-order valence-corrected chi connectivity index (χ4v) is 4.96. The summed E-state index contributed by atoms with van der Waals surface area (Å²) in [6, 6.07) is 16.1. The van der Waals surface area contributed by atoms with Crippen molar-refractivity contribution in [1.82, 2.24) is 10.3 Å². The van der Waals surface area contributed by atoms with E-state index in [0.29, 0.717) is 12.1 Å². The van der Waals surface area contributed by atoms with Crippen LogP contribution in [0.1, 0.15) is 37.0 Å². The van der Waals surface area contributed by atoms with Gasteiger partial charge in [-0.3, -0.25) is 4.79 Å². The van der Waals surface area contributed by atoms with Crippen LogP contribution < -0.4 is 15.1 Å². The summed E-state index contributed by atoms with van der Waals surface area (Å²) < 4.78 is 1.08. The van der Waals surface area contributed by atoms with Gasteiger partial charge in [-0.15, -0.1) is 0 Å². The van der Waals surface area contributed by atoms with Crippen molar-refractivity contribution in [1.29, 1.82) is 0 Å². The molecule has 2 aromatic carbocycles. The zero-order chi connectivity index (χ0) is 20.9. The third kappa shape index (κ3) is 4.75. The molecule has 0 bridgehead atoms. The molecule has 0 radical (unpaired) electrons. The Hall–Kier alpha value is -2.60. The van der Waals surface area contributed by atoms with Crippen LogP contribution in [0.4, 0.5) is 10.8 Å². The first-order valence-electron chi connectivity index (χ1n) is 10.9. The number of hydrogen-bond acceptors (Lipinski definition) is 5. The maximum Gasteiger partial charge on any atom is 0.251 e. The normalized spacial score (nSPS) is 14.8. The van der Waals surface area contributed by atoms with Crippen molar-refractivity contribution in [3.05, 3.63) is 54.1 Å². The molecule has 1 amide bonds. The van der Waals surface area contributed by atoms with E-state index in [1.54, 1.807) is 11.3 Å². The van der Waals surface area contributed by atoms with Gasteiger partial charge in [-0.2, -0.15) is 0 Å². The standard InChI is InChI=1S/C24H30N4OS/c1-3-27(20-7-5-4-6-8-20)16-13-25-23(29)19-9-10-21-22(17-19)30-24(26-21)28-14-11-18(2)12-15-28/h4-10,17-18H,3,11-16H2,1-2H3,(H,25,29). The number of amides is 1. The Morgan fingerprint density at radius 1 is 1.20 bits per heavy atom. The first-order chi connectivity index (χ1) is 14.6. The third-order valence-corrected chi connectivity index (χ3v) is 6.94. The van der Waals surface area contributed by atoms with Crippen LogP contribution in [0.2, 0.25) is 0 Å². The predicted octanol–water partition coefficient (Wildman–Crippen LogP) is 4.79. The highest BCUT2D eigenvalue weighted by atomic mass is 32.1. The fourth-order valence-electron chi connectivity index (χ4n) is 3.90. The fraction of sp³-hybridized carbons (Fsp3) is 0.417. The molecule has 1 aromatic heterocycles. The first-order valence-corrected chi connectivity index (χ1v) is 11.7. The molecule has 0 unspecified atom stereocenters. The van der Waals surface area contributed by atoms with Crippen LogP contribution >= 0.6 is 11.3 Å². The van der Waals surface area contributed by atoms with Gasteiger partial charge in [0.25, 0.3) is 5.91 Å². The number of benzene rings is 2. The van der Waals surface area contributed by atoms with Crippen LogP contribution in [0, 0.1) is 5.92 Å². The minimum absolute atomic E-state index is 0.0252. The topological polar surface area (TPSA) is 48.5 Å². The number of fused-ring (bicyclic) bond motifs is 1. The Bertz CT molecular complexity index is 979. The molecule has 4 rings (SSSR count). The van der Waals surface area contributed by atoms with Crippen molar-refractivity contribution in [3.8, 4) is 0 Å². The highest BCUT2D eigenvalue weighted by molar-refractivity contribution is 7.22. The number of anilines is 2. The lowest BCUT2D eigenvalue weighted by Gasteiger charge is -2.29. The smallest absolute Gasteiger partial charge is 0.251 e. The number of nitrogens with one attached hydrogen (secondary N) is 1. The highest BCUT2D eigenvalue weighted by Crippen LogP contribution is 2.32. The van der Waals surface area contributed by atoms with Gasteiger partial charge in [0, 0.05) is 44.0 Å². The van der Waals surface area contributed by atoms with E-state index in [0.717, 1.165) is 47.4 Å². The zero-order valence-electron chi connectivity index (χ0n) is 17.8. The minimum Gasteiger partial charge on any atom is -0.370 e. The summed E-state index contributed by atoms with van der Waals surface area (Å²) in [5, 5.41) is 4.15. The molecule has 0 spiro atoms. The van der Waals surface area contributed by atoms with Crippen LogP contribution in [0.15, 0.2) is 48.5 Å². The molecule has 30 heavy (non-hydrogen) atoms. The number of nitrogens with zero attached hydrogens (tertiary/aromatic N) is 3. The largest absolute Gasteiger partial charge is 0.370 e. The summed E-state index contributed by atoms with van der Waals surface area (Å²) in [5.74, 6) is 0.777. The summed E-state index contributed by atoms with van der Waals surface area (Å²) in [6.07, 6.45) is 2.45. The number of para-hydroxylation sites is 1. The van der Waals surface area contributed by atoms with Crippen molar-refractivity contribution in [2.45, 2.75) is 26.7 Å². The summed E-state index contributed by atoms with van der Waals surface area (Å²) in [7, 11) is 0. The second kappa shape index (κ2) is 9.47. The van der Waals surface area contributed by atoms with E-state index < -0.39 is 0 Å². The van der Waals surface area contributed by atoms with Crippen molar-refractivity contribution < 1.29 is 4.79 Å². The van der Waals surface area contributed by atoms with Gasteiger partial charge in [0.1, 0.15) is 0 Å². The first kappa shape index (κ1) is 20.7. The molecular formula is C24H30N4OS. The van der Waals surface area contributed by atoms with E-state index in [2.05, 4.69) is 41.1 Å². The lowest BCUT2D eigenvalue weighted by molar-refractivity contribution is 0.0955. The lowest BCUT2D eigenvalue weighted by Crippen LogP contribution is -2.34. The molecule has 2 heterocycles. The number of thiazole rings is 1. The van der Waals surface area contributed by atoms with Crippen LogP contribution in [-0.2, 0) is 0 Å². The van der Waals surface area contributed by atoms with Crippen molar-refractivity contribution in [2.75, 3.05) is 42.5 Å². The van der Waals surface area contributed by atoms with E-state index in [1.165, 1.54) is 18.5 Å². The van der Waals surface area contributed by atoms with Crippen LogP contribution in [0.25, 0.3) is 10.2 Å². The molecule has 1 saturated heterocycles. The minimum atomic E-state index is -0.0252. The van der Waals surface area contributed by atoms with Gasteiger partial charge in [-0.05, 0) is 56.0 Å². The molecule has 1 aliphatic rings. The molecule has 158 valence electrons. The summed E-state index contributed by atoms with van der Waals surface area (Å²) in [4.78, 5) is 22.1. The number of carbonyl (C=O) groups is 1. The van der Waals surface area contributed by atoms with Crippen molar-refractivity contribution in [3.63, 3.8) is 0 Å². The van der Waals surface area contributed by atoms with Crippen LogP contribution in [-0.4, -0.2) is 43.6 Å². The average molecular weight is 423 g/mol. The number of likely N-dealkylation sites (N-methyl/N-ethyl adjacent to an activating group) is 1. The molecule has 1 fully saturated rings. The predicted molar refractivity (Wildman–Crippen MR) is 127 cm³/mol. The molecule has 0 atom stereocenters. The van der Waals surface area contributed by atoms with Gasteiger partial charge in [-0.25, -0.2) is 4.98 Å². The third-order valence-electron chi connectivity index (χ3n) is 5.86. The van der Waals surface area contributed by atoms with E-state index in [1.807, 2.05) is 36.4 Å². The Morgan fingerprint density at radius 2 is 1.97 bits per heavy atom. The Morgan fingerprint density at radius 3 is 2.70 bits per heavy atom. The van der Waals surface area contributed by atoms with Crippen LogP contribution in [0.5, 0.6) is 0 Å². The Balaban J connectivity index is 1.37. The quantitative estimate of drug-likeness (QED) is 0.595. The number of aromatic nitrogens is 1.